The maximum atomic E-state index is 11.3. The van der Waals surface area contributed by atoms with Gasteiger partial charge < -0.3 is 9.64 Å². The Morgan fingerprint density at radius 1 is 1.67 bits per heavy atom. The SMILES string of the molecule is C=C(C#N)CN(C)CC(C)C(=O)OCC. The number of nitrogens with zero attached hydrogens (tertiary/aromatic N) is 2. The molecule has 0 aromatic rings. The lowest BCUT2D eigenvalue weighted by Gasteiger charge is -2.19. The van der Waals surface area contributed by atoms with Gasteiger partial charge in [0.25, 0.3) is 0 Å². The second kappa shape index (κ2) is 7.02. The van der Waals surface area contributed by atoms with E-state index in [1.807, 2.05) is 24.9 Å². The first-order valence-corrected chi connectivity index (χ1v) is 4.94. The smallest absolute Gasteiger partial charge is 0.309 e. The summed E-state index contributed by atoms with van der Waals surface area (Å²) in [4.78, 5) is 13.2. The summed E-state index contributed by atoms with van der Waals surface area (Å²) in [5.41, 5.74) is 0.494. The molecule has 0 aromatic carbocycles. The van der Waals surface area contributed by atoms with E-state index < -0.39 is 0 Å². The summed E-state index contributed by atoms with van der Waals surface area (Å²) in [5.74, 6) is -0.381. The van der Waals surface area contributed by atoms with Crippen LogP contribution in [0.2, 0.25) is 0 Å². The second-order valence-electron chi connectivity index (χ2n) is 3.57. The molecular weight excluding hydrogens is 192 g/mol. The average molecular weight is 210 g/mol. The van der Waals surface area contributed by atoms with Crippen LogP contribution in [0.15, 0.2) is 12.2 Å². The van der Waals surface area contributed by atoms with Crippen molar-refractivity contribution in [3.05, 3.63) is 12.2 Å². The summed E-state index contributed by atoms with van der Waals surface area (Å²) in [7, 11) is 1.85. The third kappa shape index (κ3) is 5.87. The van der Waals surface area contributed by atoms with Crippen LogP contribution in [0.4, 0.5) is 0 Å². The molecule has 0 spiro atoms. The second-order valence-corrected chi connectivity index (χ2v) is 3.57. The van der Waals surface area contributed by atoms with Crippen molar-refractivity contribution in [1.82, 2.24) is 4.90 Å². The largest absolute Gasteiger partial charge is 0.466 e. The fourth-order valence-corrected chi connectivity index (χ4v) is 1.25. The topological polar surface area (TPSA) is 53.3 Å². The number of carbonyl (C=O) groups excluding carboxylic acids is 1. The van der Waals surface area contributed by atoms with Crippen molar-refractivity contribution in [2.24, 2.45) is 5.92 Å². The highest BCUT2D eigenvalue weighted by Crippen LogP contribution is 2.02. The van der Waals surface area contributed by atoms with Gasteiger partial charge in [-0.05, 0) is 14.0 Å². The third-order valence-electron chi connectivity index (χ3n) is 1.89. The predicted molar refractivity (Wildman–Crippen MR) is 58.0 cm³/mol. The predicted octanol–water partition coefficient (Wildman–Crippen LogP) is 1.20. The summed E-state index contributed by atoms with van der Waals surface area (Å²) < 4.78 is 4.88. The van der Waals surface area contributed by atoms with Crippen LogP contribution in [0.5, 0.6) is 0 Å². The number of hydrogen-bond acceptors (Lipinski definition) is 4. The van der Waals surface area contributed by atoms with Crippen molar-refractivity contribution in [1.29, 1.82) is 5.26 Å². The molecular formula is C11H18N2O2. The van der Waals surface area contributed by atoms with Crippen LogP contribution in [-0.2, 0) is 9.53 Å². The summed E-state index contributed by atoms with van der Waals surface area (Å²) in [6.45, 7) is 8.63. The molecule has 0 radical (unpaired) electrons. The maximum Gasteiger partial charge on any atom is 0.309 e. The Morgan fingerprint density at radius 3 is 2.73 bits per heavy atom. The Labute approximate surface area is 91.1 Å². The van der Waals surface area contributed by atoms with Gasteiger partial charge in [0.2, 0.25) is 0 Å². The van der Waals surface area contributed by atoms with Crippen LogP contribution in [-0.4, -0.2) is 37.6 Å². The van der Waals surface area contributed by atoms with Gasteiger partial charge in [-0.2, -0.15) is 5.26 Å². The van der Waals surface area contributed by atoms with Gasteiger partial charge in [0.05, 0.1) is 18.6 Å². The molecule has 4 nitrogen and oxygen atoms in total. The number of rotatable bonds is 6. The molecule has 84 valence electrons. The van der Waals surface area contributed by atoms with Crippen molar-refractivity contribution in [3.8, 4) is 6.07 Å². The van der Waals surface area contributed by atoms with E-state index in [0.29, 0.717) is 25.3 Å². The van der Waals surface area contributed by atoms with Gasteiger partial charge in [-0.3, -0.25) is 4.79 Å². The Bertz CT molecular complexity index is 268. The van der Waals surface area contributed by atoms with Crippen molar-refractivity contribution in [2.45, 2.75) is 13.8 Å². The van der Waals surface area contributed by atoms with Crippen LogP contribution < -0.4 is 0 Å². The molecule has 0 N–H and O–H groups in total. The van der Waals surface area contributed by atoms with Crippen LogP contribution in [0.3, 0.4) is 0 Å². The number of nitriles is 1. The van der Waals surface area contributed by atoms with Gasteiger partial charge in [-0.15, -0.1) is 0 Å². The van der Waals surface area contributed by atoms with Crippen molar-refractivity contribution in [2.75, 3.05) is 26.7 Å². The molecule has 15 heavy (non-hydrogen) atoms. The quantitative estimate of drug-likeness (QED) is 0.488. The van der Waals surface area contributed by atoms with E-state index in [1.165, 1.54) is 0 Å². The molecule has 0 saturated carbocycles. The third-order valence-corrected chi connectivity index (χ3v) is 1.89. The van der Waals surface area contributed by atoms with E-state index in [0.717, 1.165) is 0 Å². The van der Waals surface area contributed by atoms with E-state index in [-0.39, 0.29) is 11.9 Å². The Kier molecular flexibility index (Phi) is 6.39. The van der Waals surface area contributed by atoms with Gasteiger partial charge in [-0.25, -0.2) is 0 Å². The molecule has 0 heterocycles. The standard InChI is InChI=1S/C11H18N2O2/c1-5-15-11(14)10(3)8-13(4)7-9(2)6-12/h10H,2,5,7-8H2,1,3-4H3. The van der Waals surface area contributed by atoms with Gasteiger partial charge in [-0.1, -0.05) is 13.5 Å². The lowest BCUT2D eigenvalue weighted by Crippen LogP contribution is -2.30. The number of esters is 1. The van der Waals surface area contributed by atoms with Gasteiger partial charge in [0.15, 0.2) is 0 Å². The molecule has 0 bridgehead atoms. The zero-order chi connectivity index (χ0) is 11.8. The Hall–Kier alpha value is -1.34. The highest BCUT2D eigenvalue weighted by molar-refractivity contribution is 5.72. The first kappa shape index (κ1) is 13.7. The molecule has 0 aliphatic carbocycles. The van der Waals surface area contributed by atoms with Crippen LogP contribution in [0, 0.1) is 17.2 Å². The average Bonchev–Trinajstić information content (AvgIpc) is 2.17. The molecule has 0 rings (SSSR count). The molecule has 1 unspecified atom stereocenters. The minimum absolute atomic E-state index is 0.179. The van der Waals surface area contributed by atoms with Crippen LogP contribution >= 0.6 is 0 Å². The van der Waals surface area contributed by atoms with E-state index in [9.17, 15) is 4.79 Å². The van der Waals surface area contributed by atoms with E-state index in [1.54, 1.807) is 6.92 Å². The van der Waals surface area contributed by atoms with Gasteiger partial charge >= 0.3 is 5.97 Å². The van der Waals surface area contributed by atoms with Crippen molar-refractivity contribution >= 4 is 5.97 Å². The van der Waals surface area contributed by atoms with Crippen molar-refractivity contribution in [3.63, 3.8) is 0 Å². The molecule has 0 aliphatic heterocycles. The minimum atomic E-state index is -0.202. The molecule has 4 heteroatoms. The Balaban J connectivity index is 3.96. The van der Waals surface area contributed by atoms with Gasteiger partial charge in [0, 0.05) is 18.7 Å². The summed E-state index contributed by atoms with van der Waals surface area (Å²) >= 11 is 0. The number of carbonyl (C=O) groups is 1. The van der Waals surface area contributed by atoms with Crippen molar-refractivity contribution < 1.29 is 9.53 Å². The highest BCUT2D eigenvalue weighted by atomic mass is 16.5. The first-order valence-electron chi connectivity index (χ1n) is 4.94. The minimum Gasteiger partial charge on any atom is -0.466 e. The first-order chi connectivity index (χ1) is 7.01. The monoisotopic (exact) mass is 210 g/mol. The molecule has 0 aliphatic rings. The number of likely N-dealkylation sites (N-methyl/N-ethyl adjacent to an activating group) is 1. The molecule has 0 saturated heterocycles. The zero-order valence-electron chi connectivity index (χ0n) is 9.62. The van der Waals surface area contributed by atoms with E-state index in [4.69, 9.17) is 10.00 Å². The molecule has 1 atom stereocenters. The zero-order valence-corrected chi connectivity index (χ0v) is 9.62. The molecule has 0 fully saturated rings. The number of hydrogen-bond donors (Lipinski definition) is 0. The lowest BCUT2D eigenvalue weighted by molar-refractivity contribution is -0.147. The summed E-state index contributed by atoms with van der Waals surface area (Å²) in [6.07, 6.45) is 0. The Morgan fingerprint density at radius 2 is 2.27 bits per heavy atom. The number of ether oxygens (including phenoxy) is 1. The van der Waals surface area contributed by atoms with Crippen LogP contribution in [0.1, 0.15) is 13.8 Å². The molecule has 0 aromatic heterocycles. The highest BCUT2D eigenvalue weighted by Gasteiger charge is 2.16. The fraction of sp³-hybridized carbons (Fsp3) is 0.636. The summed E-state index contributed by atoms with van der Waals surface area (Å²) in [6, 6.07) is 1.97. The lowest BCUT2D eigenvalue weighted by atomic mass is 10.1. The normalized spacial score (nSPS) is 11.9. The van der Waals surface area contributed by atoms with Gasteiger partial charge in [0.1, 0.15) is 0 Å². The van der Waals surface area contributed by atoms with E-state index >= 15 is 0 Å². The van der Waals surface area contributed by atoms with E-state index in [2.05, 4.69) is 6.58 Å². The van der Waals surface area contributed by atoms with Crippen LogP contribution in [0.25, 0.3) is 0 Å². The molecule has 0 amide bonds. The fourth-order valence-electron chi connectivity index (χ4n) is 1.25. The summed E-state index contributed by atoms with van der Waals surface area (Å²) in [5, 5.41) is 8.54. The maximum absolute atomic E-state index is 11.3.